The molecule has 3 N–H and O–H groups in total. The Morgan fingerprint density at radius 2 is 2.00 bits per heavy atom. The van der Waals surface area contributed by atoms with Crippen molar-refractivity contribution in [2.75, 3.05) is 6.54 Å². The van der Waals surface area contributed by atoms with Crippen LogP contribution in [0.15, 0.2) is 79.4 Å². The topological polar surface area (TPSA) is 123 Å². The number of fused-ring (bicyclic) bond motifs is 2. The Kier molecular flexibility index (Phi) is 7.59. The molecule has 6 atom stereocenters. The lowest BCUT2D eigenvalue weighted by molar-refractivity contribution is -0.217. The predicted molar refractivity (Wildman–Crippen MR) is 146 cm³/mol. The molecule has 2 saturated heterocycles. The maximum atomic E-state index is 13.6. The van der Waals surface area contributed by atoms with Crippen molar-refractivity contribution in [2.45, 2.75) is 49.8 Å². The van der Waals surface area contributed by atoms with Crippen LogP contribution in [-0.4, -0.2) is 59.3 Å². The molecule has 4 unspecified atom stereocenters. The number of carbonyl (C=O) groups excluding carboxylic acids is 3. The zero-order valence-corrected chi connectivity index (χ0v) is 22.2. The predicted octanol–water partition coefficient (Wildman–Crippen LogP) is 2.27. The number of esters is 1. The highest BCUT2D eigenvalue weighted by atomic mass is 16.7. The summed E-state index contributed by atoms with van der Waals surface area (Å²) in [6.07, 6.45) is -0.130. The zero-order chi connectivity index (χ0) is 28.4. The minimum absolute atomic E-state index is 0.142. The highest BCUT2D eigenvalue weighted by Crippen LogP contribution is 2.54. The third kappa shape index (κ3) is 5.29. The Labute approximate surface area is 232 Å². The van der Waals surface area contributed by atoms with Gasteiger partial charge in [-0.3, -0.25) is 14.4 Å². The lowest BCUT2D eigenvalue weighted by Crippen LogP contribution is -2.61. The largest absolute Gasteiger partial charge is 0.455 e. The van der Waals surface area contributed by atoms with Gasteiger partial charge >= 0.3 is 5.97 Å². The van der Waals surface area contributed by atoms with Gasteiger partial charge in [-0.05, 0) is 42.3 Å². The normalized spacial score (nSPS) is 28.2. The summed E-state index contributed by atoms with van der Waals surface area (Å²) >= 11 is 0. The van der Waals surface area contributed by atoms with Gasteiger partial charge < -0.3 is 20.5 Å². The second-order valence-corrected chi connectivity index (χ2v) is 10.2. The first-order chi connectivity index (χ1) is 19.2. The number of nitrogens with two attached hydrogens (primary N) is 1. The molecule has 0 aromatic heterocycles. The number of hydrogen-bond donors (Lipinski definition) is 2. The van der Waals surface area contributed by atoms with Gasteiger partial charge in [0.05, 0.1) is 24.1 Å². The Hall–Kier alpha value is -4.23. The number of amides is 2. The molecule has 0 spiro atoms. The molecule has 9 nitrogen and oxygen atoms in total. The number of carbonyl (C=O) groups is 3. The summed E-state index contributed by atoms with van der Waals surface area (Å²) in [6.45, 7) is 9.65. The molecular formula is C31H31N3O6. The summed E-state index contributed by atoms with van der Waals surface area (Å²) < 4.78 is 11.8. The third-order valence-corrected chi connectivity index (χ3v) is 7.32. The van der Waals surface area contributed by atoms with Gasteiger partial charge in [-0.2, -0.15) is 5.06 Å². The van der Waals surface area contributed by atoms with Crippen LogP contribution in [0.1, 0.15) is 34.8 Å². The van der Waals surface area contributed by atoms with E-state index in [1.54, 1.807) is 36.4 Å². The van der Waals surface area contributed by atoms with Crippen LogP contribution in [0.2, 0.25) is 0 Å². The number of ether oxygens (including phenoxy) is 2. The molecule has 2 aromatic carbocycles. The van der Waals surface area contributed by atoms with Gasteiger partial charge in [0.15, 0.2) is 5.60 Å². The van der Waals surface area contributed by atoms with Crippen LogP contribution in [0.25, 0.3) is 0 Å². The average molecular weight is 542 g/mol. The average Bonchev–Trinajstić information content (AvgIpc) is 3.63. The summed E-state index contributed by atoms with van der Waals surface area (Å²) in [5.74, 6) is 3.34. The fourth-order valence-electron chi connectivity index (χ4n) is 5.52. The molecule has 0 bridgehead atoms. The summed E-state index contributed by atoms with van der Waals surface area (Å²) in [7, 11) is 0. The van der Waals surface area contributed by atoms with Crippen molar-refractivity contribution in [3.05, 3.63) is 96.1 Å². The van der Waals surface area contributed by atoms with E-state index >= 15 is 0 Å². The first-order valence-corrected chi connectivity index (χ1v) is 13.1. The van der Waals surface area contributed by atoms with E-state index in [2.05, 4.69) is 30.3 Å². The molecule has 40 heavy (non-hydrogen) atoms. The molecule has 2 amide bonds. The van der Waals surface area contributed by atoms with Crippen molar-refractivity contribution < 1.29 is 28.7 Å². The van der Waals surface area contributed by atoms with Crippen LogP contribution in [-0.2, 0) is 30.4 Å². The number of primary amides is 1. The molecule has 0 radical (unpaired) electrons. The highest BCUT2D eigenvalue weighted by molar-refractivity contribution is 5.91. The zero-order valence-electron chi connectivity index (χ0n) is 22.2. The Balaban J connectivity index is 1.51. The van der Waals surface area contributed by atoms with Gasteiger partial charge in [0.2, 0.25) is 5.91 Å². The Morgan fingerprint density at radius 1 is 1.23 bits per heavy atom. The maximum absolute atomic E-state index is 13.6. The maximum Gasteiger partial charge on any atom is 0.338 e. The number of epoxide rings is 1. The van der Waals surface area contributed by atoms with Crippen molar-refractivity contribution in [3.63, 3.8) is 0 Å². The standard InChI is InChI=1S/C31H31N3O6/c1-4-15-33-28(35)25-24-27(39-29(36)22-11-6-5-7-12-22)26-23(38-26)17-31(24,30(32)37)40-34(25)18-21-10-8-9-20(16-21)14-13-19(2)3/h4-12,16,23-27H,1-2,15,17-18H2,3H3,(H2,32,37)(H,33,35)/t23?,24?,25?,26?,27-,31-/m0/s1. The van der Waals surface area contributed by atoms with E-state index in [0.717, 1.165) is 16.7 Å². The van der Waals surface area contributed by atoms with Gasteiger partial charge in [0.25, 0.3) is 5.91 Å². The van der Waals surface area contributed by atoms with E-state index in [4.69, 9.17) is 20.0 Å². The second-order valence-electron chi connectivity index (χ2n) is 10.2. The number of allylic oxidation sites excluding steroid dienone is 1. The summed E-state index contributed by atoms with van der Waals surface area (Å²) in [5.41, 5.74) is 6.99. The Bertz CT molecular complexity index is 1410. The molecule has 5 rings (SSSR count). The van der Waals surface area contributed by atoms with Gasteiger partial charge in [0, 0.05) is 18.5 Å². The Morgan fingerprint density at radius 3 is 2.70 bits per heavy atom. The molecule has 3 fully saturated rings. The molecule has 1 aliphatic carbocycles. The highest BCUT2D eigenvalue weighted by Gasteiger charge is 2.73. The van der Waals surface area contributed by atoms with Crippen molar-refractivity contribution in [1.82, 2.24) is 10.4 Å². The second kappa shape index (κ2) is 11.1. The fraction of sp³-hybridized carbons (Fsp3) is 0.323. The molecule has 206 valence electrons. The minimum atomic E-state index is -1.62. The van der Waals surface area contributed by atoms with Crippen LogP contribution in [0.5, 0.6) is 0 Å². The van der Waals surface area contributed by atoms with Gasteiger partial charge in [-0.25, -0.2) is 4.79 Å². The minimum Gasteiger partial charge on any atom is -0.455 e. The number of hydroxylamine groups is 2. The monoisotopic (exact) mass is 541 g/mol. The van der Waals surface area contributed by atoms with E-state index in [1.165, 1.54) is 5.06 Å². The van der Waals surface area contributed by atoms with Crippen LogP contribution in [0, 0.1) is 17.8 Å². The van der Waals surface area contributed by atoms with Crippen LogP contribution < -0.4 is 11.1 Å². The van der Waals surface area contributed by atoms with Crippen molar-refractivity contribution in [1.29, 1.82) is 0 Å². The van der Waals surface area contributed by atoms with Gasteiger partial charge in [-0.15, -0.1) is 6.58 Å². The number of nitrogens with one attached hydrogen (secondary N) is 1. The number of rotatable bonds is 8. The molecular weight excluding hydrogens is 510 g/mol. The first-order valence-electron chi connectivity index (χ1n) is 13.1. The summed E-state index contributed by atoms with van der Waals surface area (Å²) in [4.78, 5) is 46.2. The van der Waals surface area contributed by atoms with E-state index < -0.39 is 53.7 Å². The number of nitrogens with zero attached hydrogens (tertiary/aromatic N) is 1. The number of hydrogen-bond acceptors (Lipinski definition) is 7. The van der Waals surface area contributed by atoms with Crippen molar-refractivity contribution in [2.24, 2.45) is 11.7 Å². The van der Waals surface area contributed by atoms with Gasteiger partial charge in [-0.1, -0.05) is 54.8 Å². The lowest BCUT2D eigenvalue weighted by atomic mass is 9.70. The SMILES string of the molecule is C=CCNC(=O)C1C2[C@H](OC(=O)c3ccccc3)C3OC3C[C@]2(C(N)=O)ON1Cc1cccc(C#CC(=C)C)c1. The molecule has 2 aliphatic heterocycles. The molecule has 1 saturated carbocycles. The van der Waals surface area contributed by atoms with Crippen LogP contribution >= 0.6 is 0 Å². The van der Waals surface area contributed by atoms with E-state index in [9.17, 15) is 14.4 Å². The van der Waals surface area contributed by atoms with Crippen molar-refractivity contribution >= 4 is 17.8 Å². The van der Waals surface area contributed by atoms with Gasteiger partial charge in [0.1, 0.15) is 18.2 Å². The first kappa shape index (κ1) is 27.3. The van der Waals surface area contributed by atoms with Crippen LogP contribution in [0.3, 0.4) is 0 Å². The molecule has 2 heterocycles. The van der Waals surface area contributed by atoms with E-state index in [1.807, 2.05) is 31.2 Å². The fourth-order valence-corrected chi connectivity index (χ4v) is 5.52. The number of benzene rings is 2. The molecule has 9 heteroatoms. The molecule has 2 aromatic rings. The quantitative estimate of drug-likeness (QED) is 0.227. The smallest absolute Gasteiger partial charge is 0.338 e. The van der Waals surface area contributed by atoms with E-state index in [-0.39, 0.29) is 19.5 Å². The van der Waals surface area contributed by atoms with Crippen molar-refractivity contribution in [3.8, 4) is 11.8 Å². The molecule has 3 aliphatic rings. The van der Waals surface area contributed by atoms with E-state index in [0.29, 0.717) is 5.56 Å². The summed E-state index contributed by atoms with van der Waals surface area (Å²) in [6, 6.07) is 15.0. The third-order valence-electron chi connectivity index (χ3n) is 7.32. The van der Waals surface area contributed by atoms with Crippen LogP contribution in [0.4, 0.5) is 0 Å². The lowest BCUT2D eigenvalue weighted by Gasteiger charge is -2.37. The summed E-state index contributed by atoms with van der Waals surface area (Å²) in [5, 5.41) is 4.28.